The summed E-state index contributed by atoms with van der Waals surface area (Å²) in [6.45, 7) is 9.60. The second-order valence-corrected chi connectivity index (χ2v) is 7.35. The summed E-state index contributed by atoms with van der Waals surface area (Å²) in [5.41, 5.74) is 2.10. The summed E-state index contributed by atoms with van der Waals surface area (Å²) in [5.74, 6) is 0. The van der Waals surface area contributed by atoms with E-state index >= 15 is 0 Å². The van der Waals surface area contributed by atoms with E-state index < -0.39 is 0 Å². The van der Waals surface area contributed by atoms with Gasteiger partial charge in [-0.15, -0.1) is 0 Å². The van der Waals surface area contributed by atoms with Crippen LogP contribution in [0.1, 0.15) is 45.1 Å². The molecule has 0 spiro atoms. The van der Waals surface area contributed by atoms with E-state index in [1.807, 2.05) is 0 Å². The Morgan fingerprint density at radius 1 is 1.10 bits per heavy atom. The third-order valence-corrected chi connectivity index (χ3v) is 5.28. The molecule has 1 aliphatic heterocycles. The molecule has 20 heavy (non-hydrogen) atoms. The van der Waals surface area contributed by atoms with E-state index in [1.165, 1.54) is 44.3 Å². The van der Waals surface area contributed by atoms with E-state index in [-0.39, 0.29) is 5.54 Å². The zero-order valence-corrected chi connectivity index (χ0v) is 13.0. The van der Waals surface area contributed by atoms with Crippen LogP contribution >= 0.6 is 0 Å². The number of benzene rings is 1. The van der Waals surface area contributed by atoms with Crippen LogP contribution in [0.2, 0.25) is 0 Å². The first-order valence-corrected chi connectivity index (χ1v) is 8.13. The SMILES string of the molecule is CC1(CN2CCCNC(C)(c3ccccc3)C2)CCC1. The molecule has 110 valence electrons. The molecule has 1 aromatic rings. The molecule has 1 saturated carbocycles. The Balaban J connectivity index is 1.74. The smallest absolute Gasteiger partial charge is 0.0534 e. The average molecular weight is 272 g/mol. The highest BCUT2D eigenvalue weighted by molar-refractivity contribution is 5.24. The minimum absolute atomic E-state index is 0.0951. The highest BCUT2D eigenvalue weighted by Crippen LogP contribution is 2.41. The van der Waals surface area contributed by atoms with E-state index in [2.05, 4.69) is 54.4 Å². The Labute approximate surface area is 123 Å². The lowest BCUT2D eigenvalue weighted by Crippen LogP contribution is -2.49. The number of nitrogens with zero attached hydrogens (tertiary/aromatic N) is 1. The zero-order valence-electron chi connectivity index (χ0n) is 13.0. The van der Waals surface area contributed by atoms with Crippen LogP contribution in [0, 0.1) is 5.41 Å². The molecule has 2 nitrogen and oxygen atoms in total. The van der Waals surface area contributed by atoms with Gasteiger partial charge < -0.3 is 10.2 Å². The van der Waals surface area contributed by atoms with Gasteiger partial charge in [0.15, 0.2) is 0 Å². The zero-order chi connectivity index (χ0) is 14.1. The first-order chi connectivity index (χ1) is 9.60. The molecule has 1 saturated heterocycles. The minimum Gasteiger partial charge on any atom is -0.307 e. The van der Waals surface area contributed by atoms with Crippen molar-refractivity contribution >= 4 is 0 Å². The van der Waals surface area contributed by atoms with Crippen molar-refractivity contribution in [3.8, 4) is 0 Å². The molecule has 2 heteroatoms. The normalized spacial score (nSPS) is 30.5. The van der Waals surface area contributed by atoms with Crippen LogP contribution in [0.3, 0.4) is 0 Å². The topological polar surface area (TPSA) is 15.3 Å². The Hall–Kier alpha value is -0.860. The highest BCUT2D eigenvalue weighted by Gasteiger charge is 2.37. The van der Waals surface area contributed by atoms with Gasteiger partial charge >= 0.3 is 0 Å². The molecular formula is C18H28N2. The van der Waals surface area contributed by atoms with Gasteiger partial charge in [0.1, 0.15) is 0 Å². The predicted molar refractivity (Wildman–Crippen MR) is 84.8 cm³/mol. The third-order valence-electron chi connectivity index (χ3n) is 5.28. The van der Waals surface area contributed by atoms with Crippen LogP contribution in [-0.2, 0) is 5.54 Å². The molecular weight excluding hydrogens is 244 g/mol. The first-order valence-electron chi connectivity index (χ1n) is 8.13. The quantitative estimate of drug-likeness (QED) is 0.907. The third kappa shape index (κ3) is 2.91. The van der Waals surface area contributed by atoms with E-state index in [4.69, 9.17) is 0 Å². The number of hydrogen-bond donors (Lipinski definition) is 1. The molecule has 0 bridgehead atoms. The maximum absolute atomic E-state index is 3.78. The van der Waals surface area contributed by atoms with Crippen LogP contribution in [0.15, 0.2) is 30.3 Å². The standard InChI is InChI=1S/C18H28N2/c1-17(10-6-11-17)14-20-13-7-12-19-18(2,15-20)16-8-4-3-5-9-16/h3-5,8-9,19H,6-7,10-15H2,1-2H3. The average Bonchev–Trinajstić information content (AvgIpc) is 2.61. The molecule has 1 heterocycles. The Bertz CT molecular complexity index is 438. The molecule has 1 atom stereocenters. The van der Waals surface area contributed by atoms with E-state index in [1.54, 1.807) is 0 Å². The fourth-order valence-electron chi connectivity index (χ4n) is 3.86. The van der Waals surface area contributed by atoms with E-state index in [0.717, 1.165) is 13.1 Å². The van der Waals surface area contributed by atoms with E-state index in [9.17, 15) is 0 Å². The maximum Gasteiger partial charge on any atom is 0.0534 e. The van der Waals surface area contributed by atoms with E-state index in [0.29, 0.717) is 5.41 Å². The van der Waals surface area contributed by atoms with Gasteiger partial charge in [-0.3, -0.25) is 0 Å². The van der Waals surface area contributed by atoms with Crippen LogP contribution in [0.5, 0.6) is 0 Å². The Kier molecular flexibility index (Phi) is 3.87. The molecule has 0 amide bonds. The summed E-state index contributed by atoms with van der Waals surface area (Å²) in [6.07, 6.45) is 5.52. The second-order valence-electron chi connectivity index (χ2n) is 7.35. The van der Waals surface area contributed by atoms with Gasteiger partial charge in [0, 0.05) is 13.1 Å². The first kappa shape index (κ1) is 14.1. The van der Waals surface area contributed by atoms with Crippen molar-refractivity contribution in [2.45, 2.75) is 45.1 Å². The largest absolute Gasteiger partial charge is 0.307 e. The van der Waals surface area contributed by atoms with Crippen molar-refractivity contribution in [1.82, 2.24) is 10.2 Å². The molecule has 2 aliphatic rings. The lowest BCUT2D eigenvalue weighted by molar-refractivity contribution is 0.0753. The van der Waals surface area contributed by atoms with Crippen LogP contribution in [-0.4, -0.2) is 31.1 Å². The van der Waals surface area contributed by atoms with Gasteiger partial charge in [0.2, 0.25) is 0 Å². The molecule has 0 aromatic heterocycles. The van der Waals surface area contributed by atoms with Gasteiger partial charge in [-0.25, -0.2) is 0 Å². The summed E-state index contributed by atoms with van der Waals surface area (Å²) >= 11 is 0. The molecule has 1 aromatic carbocycles. The summed E-state index contributed by atoms with van der Waals surface area (Å²) in [7, 11) is 0. The van der Waals surface area contributed by atoms with Gasteiger partial charge in [0.05, 0.1) is 5.54 Å². The molecule has 0 radical (unpaired) electrons. The van der Waals surface area contributed by atoms with Crippen LogP contribution in [0.25, 0.3) is 0 Å². The fraction of sp³-hybridized carbons (Fsp3) is 0.667. The van der Waals surface area contributed by atoms with Crippen LogP contribution < -0.4 is 5.32 Å². The van der Waals surface area contributed by atoms with Crippen molar-refractivity contribution in [2.24, 2.45) is 5.41 Å². The van der Waals surface area contributed by atoms with Gasteiger partial charge in [-0.05, 0) is 50.3 Å². The number of nitrogens with one attached hydrogen (secondary N) is 1. The van der Waals surface area contributed by atoms with Gasteiger partial charge in [0.25, 0.3) is 0 Å². The van der Waals surface area contributed by atoms with Crippen molar-refractivity contribution in [3.63, 3.8) is 0 Å². The van der Waals surface area contributed by atoms with Crippen LogP contribution in [0.4, 0.5) is 0 Å². The van der Waals surface area contributed by atoms with Crippen molar-refractivity contribution in [3.05, 3.63) is 35.9 Å². The summed E-state index contributed by atoms with van der Waals surface area (Å²) in [4.78, 5) is 2.70. The summed E-state index contributed by atoms with van der Waals surface area (Å²) in [5, 5.41) is 3.78. The molecule has 1 N–H and O–H groups in total. The molecule has 3 rings (SSSR count). The molecule has 2 fully saturated rings. The fourth-order valence-corrected chi connectivity index (χ4v) is 3.86. The Morgan fingerprint density at radius 2 is 1.85 bits per heavy atom. The van der Waals surface area contributed by atoms with Gasteiger partial charge in [-0.1, -0.05) is 43.7 Å². The monoisotopic (exact) mass is 272 g/mol. The predicted octanol–water partition coefficient (Wildman–Crippen LogP) is 3.39. The lowest BCUT2D eigenvalue weighted by atomic mass is 9.70. The van der Waals surface area contributed by atoms with Gasteiger partial charge in [-0.2, -0.15) is 0 Å². The molecule has 1 unspecified atom stereocenters. The Morgan fingerprint density at radius 3 is 2.50 bits per heavy atom. The maximum atomic E-state index is 3.78. The molecule has 1 aliphatic carbocycles. The summed E-state index contributed by atoms with van der Waals surface area (Å²) in [6, 6.07) is 11.0. The lowest BCUT2D eigenvalue weighted by Gasteiger charge is -2.44. The van der Waals surface area contributed by atoms with Crippen molar-refractivity contribution < 1.29 is 0 Å². The highest BCUT2D eigenvalue weighted by atomic mass is 15.2. The number of hydrogen-bond acceptors (Lipinski definition) is 2. The number of rotatable bonds is 3. The second kappa shape index (κ2) is 5.50. The summed E-state index contributed by atoms with van der Waals surface area (Å²) < 4.78 is 0. The minimum atomic E-state index is 0.0951. The van der Waals surface area contributed by atoms with Crippen molar-refractivity contribution in [2.75, 3.05) is 26.2 Å². The van der Waals surface area contributed by atoms with Crippen molar-refractivity contribution in [1.29, 1.82) is 0 Å².